The number of nitrogens with zero attached hydrogens (tertiary/aromatic N) is 4. The van der Waals surface area contributed by atoms with E-state index in [2.05, 4.69) is 25.0 Å². The number of carbonyl (C=O) groups excluding carboxylic acids is 1. The van der Waals surface area contributed by atoms with Gasteiger partial charge in [0.05, 0.1) is 5.60 Å². The zero-order chi connectivity index (χ0) is 24.0. The summed E-state index contributed by atoms with van der Waals surface area (Å²) in [5.74, 6) is 4.03. The summed E-state index contributed by atoms with van der Waals surface area (Å²) in [6.07, 6.45) is 8.93. The van der Waals surface area contributed by atoms with E-state index in [4.69, 9.17) is 0 Å². The molecule has 0 bridgehead atoms. The van der Waals surface area contributed by atoms with Gasteiger partial charge in [0, 0.05) is 12.0 Å². The van der Waals surface area contributed by atoms with Crippen LogP contribution in [0.3, 0.4) is 0 Å². The van der Waals surface area contributed by atoms with Gasteiger partial charge < -0.3 is 5.11 Å². The van der Waals surface area contributed by atoms with Crippen LogP contribution in [0.25, 0.3) is 0 Å². The first-order valence-electron chi connectivity index (χ1n) is 13.2. The van der Waals surface area contributed by atoms with Gasteiger partial charge in [-0.2, -0.15) is 15.6 Å². The Hall–Kier alpha value is -2.18. The molecule has 180 valence electrons. The predicted molar refractivity (Wildman–Crippen MR) is 125 cm³/mol. The van der Waals surface area contributed by atoms with Gasteiger partial charge in [0.15, 0.2) is 11.5 Å². The number of carbonyl (C=O) groups is 1. The minimum Gasteiger partial charge on any atom is -0.390 e. The van der Waals surface area contributed by atoms with Crippen molar-refractivity contribution in [2.24, 2.45) is 52.3 Å². The molecule has 0 saturated heterocycles. The maximum absolute atomic E-state index is 13.8. The first kappa shape index (κ1) is 22.3. The van der Waals surface area contributed by atoms with E-state index in [0.717, 1.165) is 38.0 Å². The zero-order valence-corrected chi connectivity index (χ0v) is 20.6. The largest absolute Gasteiger partial charge is 0.390 e. The Balaban J connectivity index is 1.27. The van der Waals surface area contributed by atoms with Crippen LogP contribution >= 0.6 is 0 Å². The summed E-state index contributed by atoms with van der Waals surface area (Å²) in [5, 5.41) is 33.5. The molecule has 5 saturated carbocycles. The van der Waals surface area contributed by atoms with Crippen molar-refractivity contribution in [1.82, 2.24) is 9.78 Å². The van der Waals surface area contributed by atoms with Crippen molar-refractivity contribution in [3.05, 3.63) is 17.5 Å². The number of hydrogen-bond acceptors (Lipinski definition) is 5. The molecule has 10 atom stereocenters. The zero-order valence-electron chi connectivity index (χ0n) is 20.6. The summed E-state index contributed by atoms with van der Waals surface area (Å²) in [5.41, 5.74) is 0.286. The summed E-state index contributed by atoms with van der Waals surface area (Å²) >= 11 is 0. The summed E-state index contributed by atoms with van der Waals surface area (Å²) < 4.78 is 1.45. The summed E-state index contributed by atoms with van der Waals surface area (Å²) in [7, 11) is 0. The SMILES string of the molecule is C[C@@]1(O)CC[C@H]2[C@H](CC[C@@]3(C)[C@@H]4[C@@H]5C[C@@H]5[C@H](C(=O)Cn5nc(C#N)cc5C#N)[C@@]4(C)CC[C@H]23)C1. The molecule has 0 unspecified atom stereocenters. The molecule has 1 aromatic rings. The highest BCUT2D eigenvalue weighted by Gasteiger charge is 2.73. The number of fused-ring (bicyclic) bond motifs is 7. The van der Waals surface area contributed by atoms with Crippen molar-refractivity contribution in [3.63, 3.8) is 0 Å². The van der Waals surface area contributed by atoms with Crippen molar-refractivity contribution < 1.29 is 9.90 Å². The van der Waals surface area contributed by atoms with Crippen LogP contribution in [0.2, 0.25) is 0 Å². The van der Waals surface area contributed by atoms with Crippen LogP contribution in [0.15, 0.2) is 6.07 Å². The number of aromatic nitrogens is 2. The van der Waals surface area contributed by atoms with E-state index >= 15 is 0 Å². The van der Waals surface area contributed by atoms with E-state index in [-0.39, 0.29) is 34.8 Å². The molecule has 5 aliphatic rings. The molecule has 0 radical (unpaired) electrons. The predicted octanol–water partition coefficient (Wildman–Crippen LogP) is 4.46. The molecule has 0 aromatic carbocycles. The van der Waals surface area contributed by atoms with Crippen molar-refractivity contribution in [1.29, 1.82) is 10.5 Å². The summed E-state index contributed by atoms with van der Waals surface area (Å²) in [6, 6.07) is 5.55. The Morgan fingerprint density at radius 1 is 1.09 bits per heavy atom. The molecule has 6 nitrogen and oxygen atoms in total. The molecule has 5 fully saturated rings. The smallest absolute Gasteiger partial charge is 0.163 e. The number of hydrogen-bond donors (Lipinski definition) is 1. The molecule has 1 heterocycles. The van der Waals surface area contributed by atoms with Crippen molar-refractivity contribution in [2.75, 3.05) is 0 Å². The van der Waals surface area contributed by atoms with E-state index in [1.54, 1.807) is 0 Å². The van der Waals surface area contributed by atoms with Crippen LogP contribution in [-0.2, 0) is 11.3 Å². The Morgan fingerprint density at radius 2 is 1.85 bits per heavy atom. The van der Waals surface area contributed by atoms with Gasteiger partial charge in [-0.25, -0.2) is 4.68 Å². The maximum Gasteiger partial charge on any atom is 0.163 e. The number of aliphatic hydroxyl groups is 1. The molecule has 0 amide bonds. The van der Waals surface area contributed by atoms with Gasteiger partial charge in [0.25, 0.3) is 0 Å². The fourth-order valence-corrected chi connectivity index (χ4v) is 10.2. The molecule has 0 aliphatic heterocycles. The monoisotopic (exact) mass is 460 g/mol. The summed E-state index contributed by atoms with van der Waals surface area (Å²) in [4.78, 5) is 13.8. The van der Waals surface area contributed by atoms with E-state index in [9.17, 15) is 20.4 Å². The van der Waals surface area contributed by atoms with E-state index in [1.165, 1.54) is 30.0 Å². The molecule has 1 aromatic heterocycles. The van der Waals surface area contributed by atoms with Crippen LogP contribution < -0.4 is 0 Å². The summed E-state index contributed by atoms with van der Waals surface area (Å²) in [6.45, 7) is 7.06. The topological polar surface area (TPSA) is 103 Å². The molecule has 0 spiro atoms. The molecule has 34 heavy (non-hydrogen) atoms. The van der Waals surface area contributed by atoms with E-state index in [1.807, 2.05) is 13.0 Å². The molecular weight excluding hydrogens is 424 g/mol. The van der Waals surface area contributed by atoms with Crippen LogP contribution in [0.4, 0.5) is 0 Å². The van der Waals surface area contributed by atoms with E-state index in [0.29, 0.717) is 35.3 Å². The van der Waals surface area contributed by atoms with Gasteiger partial charge in [-0.05, 0) is 105 Å². The van der Waals surface area contributed by atoms with Gasteiger partial charge in [-0.15, -0.1) is 0 Å². The van der Waals surface area contributed by atoms with Gasteiger partial charge in [-0.3, -0.25) is 4.79 Å². The first-order chi connectivity index (χ1) is 16.1. The number of nitriles is 2. The quantitative estimate of drug-likeness (QED) is 0.717. The third kappa shape index (κ3) is 3.00. The lowest BCUT2D eigenvalue weighted by Crippen LogP contribution is -2.57. The van der Waals surface area contributed by atoms with Crippen molar-refractivity contribution in [2.45, 2.75) is 84.3 Å². The standard InChI is InChI=1S/C28H36N4O2/c1-26(34)7-5-19-16(12-26)4-8-27(2)22(19)6-9-28(3)24(20-11-21(20)25(27)28)23(33)15-32-18(14-30)10-17(13-29)31-32/h10,16,19-22,24-25,34H,4-9,11-12,15H2,1-3H3/t16-,19+,20+,21-,22-,24-,25+,26-,27-,28-/m1/s1. The van der Waals surface area contributed by atoms with Crippen LogP contribution in [0.1, 0.15) is 83.5 Å². The second kappa shape index (κ2) is 7.17. The lowest BCUT2D eigenvalue weighted by atomic mass is 9.42. The minimum atomic E-state index is -0.495. The third-order valence-corrected chi connectivity index (χ3v) is 11.3. The van der Waals surface area contributed by atoms with Gasteiger partial charge >= 0.3 is 0 Å². The first-order valence-corrected chi connectivity index (χ1v) is 13.2. The number of rotatable bonds is 3. The molecular formula is C28H36N4O2. The Kier molecular flexibility index (Phi) is 4.70. The van der Waals surface area contributed by atoms with Crippen molar-refractivity contribution in [3.8, 4) is 12.1 Å². The minimum absolute atomic E-state index is 0.0148. The molecule has 6 rings (SSSR count). The average molecular weight is 461 g/mol. The molecule has 6 heteroatoms. The second-order valence-electron chi connectivity index (χ2n) is 13.1. The molecule has 1 N–H and O–H groups in total. The van der Waals surface area contributed by atoms with Crippen LogP contribution in [0, 0.1) is 74.9 Å². The van der Waals surface area contributed by atoms with Crippen LogP contribution in [-0.4, -0.2) is 26.3 Å². The lowest BCUT2D eigenvalue weighted by molar-refractivity contribution is -0.159. The normalized spacial score (nSPS) is 48.5. The van der Waals surface area contributed by atoms with Gasteiger partial charge in [0.1, 0.15) is 24.4 Å². The van der Waals surface area contributed by atoms with Crippen LogP contribution in [0.5, 0.6) is 0 Å². The molecule has 5 aliphatic carbocycles. The fraction of sp³-hybridized carbons (Fsp3) is 0.786. The Morgan fingerprint density at radius 3 is 2.59 bits per heavy atom. The maximum atomic E-state index is 13.8. The average Bonchev–Trinajstić information content (AvgIpc) is 3.32. The van der Waals surface area contributed by atoms with Crippen molar-refractivity contribution >= 4 is 5.78 Å². The van der Waals surface area contributed by atoms with E-state index < -0.39 is 5.60 Å². The number of Topliss-reactive ketones (excluding diaryl/α,β-unsaturated/α-hetero) is 1. The fourth-order valence-electron chi connectivity index (χ4n) is 10.2. The Labute approximate surface area is 202 Å². The van der Waals surface area contributed by atoms with Gasteiger partial charge in [0.2, 0.25) is 0 Å². The highest BCUT2D eigenvalue weighted by atomic mass is 16.3. The lowest BCUT2D eigenvalue weighted by Gasteiger charge is -2.63. The highest BCUT2D eigenvalue weighted by Crippen LogP contribution is 2.78. The third-order valence-electron chi connectivity index (χ3n) is 11.3. The Bertz CT molecular complexity index is 1120. The highest BCUT2D eigenvalue weighted by molar-refractivity contribution is 5.83. The van der Waals surface area contributed by atoms with Gasteiger partial charge in [-0.1, -0.05) is 13.8 Å². The second-order valence-corrected chi connectivity index (χ2v) is 13.1. The number of ketones is 1.